The van der Waals surface area contributed by atoms with Crippen molar-refractivity contribution in [1.29, 1.82) is 0 Å². The molecule has 4 heteroatoms. The van der Waals surface area contributed by atoms with Crippen molar-refractivity contribution in [2.24, 2.45) is 5.92 Å². The standard InChI is InChI=1S/C19H19NO2Se/c1-13(2)17(12-23-14-8-4-3-5-9-14)20-18(21)15-10-6-7-11-16(15)19(20)22/h3-11,13,17H,12H2,1-2H3. The average molecular weight is 372 g/mol. The Morgan fingerprint density at radius 2 is 1.39 bits per heavy atom. The summed E-state index contributed by atoms with van der Waals surface area (Å²) in [6.45, 7) is 4.16. The third kappa shape index (κ3) is 3.10. The Bertz CT molecular complexity index is 692. The molecule has 0 saturated carbocycles. The second kappa shape index (κ2) is 6.69. The fourth-order valence-electron chi connectivity index (χ4n) is 2.77. The van der Waals surface area contributed by atoms with Gasteiger partial charge in [-0.15, -0.1) is 0 Å². The first-order chi connectivity index (χ1) is 11.1. The van der Waals surface area contributed by atoms with Crippen molar-refractivity contribution in [2.45, 2.75) is 25.2 Å². The molecule has 0 N–H and O–H groups in total. The van der Waals surface area contributed by atoms with Gasteiger partial charge >= 0.3 is 143 Å². The number of nitrogens with zero attached hydrogens (tertiary/aromatic N) is 1. The van der Waals surface area contributed by atoms with Gasteiger partial charge in [0, 0.05) is 0 Å². The molecule has 0 aliphatic carbocycles. The topological polar surface area (TPSA) is 37.4 Å². The molecule has 0 aromatic heterocycles. The Hall–Kier alpha value is -1.90. The predicted octanol–water partition coefficient (Wildman–Crippen LogP) is 2.76. The molecule has 0 fully saturated rings. The maximum absolute atomic E-state index is 12.7. The van der Waals surface area contributed by atoms with Gasteiger partial charge in [-0.25, -0.2) is 0 Å². The Balaban J connectivity index is 1.82. The number of rotatable bonds is 5. The Kier molecular flexibility index (Phi) is 4.65. The number of amides is 2. The molecule has 1 aliphatic rings. The monoisotopic (exact) mass is 373 g/mol. The van der Waals surface area contributed by atoms with Gasteiger partial charge in [-0.1, -0.05) is 0 Å². The van der Waals surface area contributed by atoms with Crippen molar-refractivity contribution in [3.05, 3.63) is 65.7 Å². The summed E-state index contributed by atoms with van der Waals surface area (Å²) >= 11 is 0.242. The first kappa shape index (κ1) is 16.0. The molecule has 2 aromatic rings. The average Bonchev–Trinajstić information content (AvgIpc) is 2.81. The molecule has 1 atom stereocenters. The summed E-state index contributed by atoms with van der Waals surface area (Å²) in [6.07, 6.45) is 0. The minimum absolute atomic E-state index is 0.0531. The number of benzene rings is 2. The van der Waals surface area contributed by atoms with E-state index in [2.05, 4.69) is 26.0 Å². The van der Waals surface area contributed by atoms with Crippen LogP contribution < -0.4 is 4.46 Å². The van der Waals surface area contributed by atoms with Gasteiger partial charge in [0.25, 0.3) is 0 Å². The Morgan fingerprint density at radius 1 is 0.870 bits per heavy atom. The Morgan fingerprint density at radius 3 is 1.91 bits per heavy atom. The molecule has 1 unspecified atom stereocenters. The molecule has 1 aliphatic heterocycles. The zero-order valence-electron chi connectivity index (χ0n) is 13.2. The van der Waals surface area contributed by atoms with Crippen LogP contribution in [0.3, 0.4) is 0 Å². The molecule has 2 aromatic carbocycles. The van der Waals surface area contributed by atoms with Gasteiger partial charge in [0.15, 0.2) is 0 Å². The van der Waals surface area contributed by atoms with E-state index >= 15 is 0 Å². The van der Waals surface area contributed by atoms with E-state index in [9.17, 15) is 9.59 Å². The summed E-state index contributed by atoms with van der Waals surface area (Å²) in [4.78, 5) is 26.8. The SMILES string of the molecule is CC(C)C(C[Se]c1ccccc1)N1C(=O)c2ccccc2C1=O. The van der Waals surface area contributed by atoms with Crippen LogP contribution in [-0.2, 0) is 0 Å². The van der Waals surface area contributed by atoms with Crippen LogP contribution in [0, 0.1) is 5.92 Å². The fourth-order valence-corrected chi connectivity index (χ4v) is 5.39. The molecule has 0 spiro atoms. The molecule has 1 heterocycles. The first-order valence-corrected chi connectivity index (χ1v) is 9.81. The quantitative estimate of drug-likeness (QED) is 0.598. The summed E-state index contributed by atoms with van der Waals surface area (Å²) in [5, 5.41) is 0.847. The van der Waals surface area contributed by atoms with Gasteiger partial charge in [-0.3, -0.25) is 0 Å². The molecule has 23 heavy (non-hydrogen) atoms. The van der Waals surface area contributed by atoms with Crippen LogP contribution in [0.1, 0.15) is 34.6 Å². The molecule has 0 radical (unpaired) electrons. The second-order valence-electron chi connectivity index (χ2n) is 5.96. The van der Waals surface area contributed by atoms with Crippen molar-refractivity contribution < 1.29 is 9.59 Å². The van der Waals surface area contributed by atoms with Gasteiger partial charge in [0.2, 0.25) is 0 Å². The van der Waals surface area contributed by atoms with Gasteiger partial charge in [0.05, 0.1) is 0 Å². The third-order valence-corrected chi connectivity index (χ3v) is 6.43. The van der Waals surface area contributed by atoms with Gasteiger partial charge < -0.3 is 0 Å². The summed E-state index contributed by atoms with van der Waals surface area (Å²) in [7, 11) is 0. The minimum atomic E-state index is -0.145. The van der Waals surface area contributed by atoms with E-state index in [1.165, 1.54) is 9.36 Å². The van der Waals surface area contributed by atoms with Gasteiger partial charge in [-0.2, -0.15) is 0 Å². The van der Waals surface area contributed by atoms with Crippen LogP contribution in [0.15, 0.2) is 54.6 Å². The van der Waals surface area contributed by atoms with E-state index in [0.717, 1.165) is 5.32 Å². The van der Waals surface area contributed by atoms with Crippen molar-refractivity contribution in [2.75, 3.05) is 0 Å². The zero-order valence-corrected chi connectivity index (χ0v) is 14.9. The molecular weight excluding hydrogens is 353 g/mol. The fraction of sp³-hybridized carbons (Fsp3) is 0.263. The van der Waals surface area contributed by atoms with Crippen LogP contribution in [0.2, 0.25) is 5.32 Å². The number of fused-ring (bicyclic) bond motifs is 1. The predicted molar refractivity (Wildman–Crippen MR) is 92.2 cm³/mol. The van der Waals surface area contributed by atoms with E-state index < -0.39 is 0 Å². The number of carbonyl (C=O) groups excluding carboxylic acids is 2. The van der Waals surface area contributed by atoms with Crippen molar-refractivity contribution in [1.82, 2.24) is 4.90 Å². The van der Waals surface area contributed by atoms with E-state index in [4.69, 9.17) is 0 Å². The van der Waals surface area contributed by atoms with E-state index in [0.29, 0.717) is 11.1 Å². The second-order valence-corrected chi connectivity index (χ2v) is 8.26. The van der Waals surface area contributed by atoms with Crippen LogP contribution in [0.5, 0.6) is 0 Å². The summed E-state index contributed by atoms with van der Waals surface area (Å²) in [5.74, 6) is -0.0517. The molecule has 0 bridgehead atoms. The molecule has 0 saturated heterocycles. The van der Waals surface area contributed by atoms with Gasteiger partial charge in [0.1, 0.15) is 0 Å². The van der Waals surface area contributed by atoms with Crippen molar-refractivity contribution >= 4 is 31.2 Å². The maximum atomic E-state index is 12.7. The molecule has 118 valence electrons. The number of hydrogen-bond donors (Lipinski definition) is 0. The number of hydrogen-bond acceptors (Lipinski definition) is 2. The summed E-state index contributed by atoms with van der Waals surface area (Å²) in [6, 6.07) is 17.3. The van der Waals surface area contributed by atoms with E-state index in [-0.39, 0.29) is 38.7 Å². The molecular formula is C19H19NO2Se. The first-order valence-electron chi connectivity index (χ1n) is 7.74. The number of carbonyl (C=O) groups is 2. The van der Waals surface area contributed by atoms with Crippen LogP contribution in [0.4, 0.5) is 0 Å². The zero-order chi connectivity index (χ0) is 16.4. The van der Waals surface area contributed by atoms with E-state index in [1.54, 1.807) is 12.1 Å². The number of imide groups is 1. The summed E-state index contributed by atoms with van der Waals surface area (Å²) in [5.41, 5.74) is 1.07. The van der Waals surface area contributed by atoms with Crippen molar-refractivity contribution in [3.63, 3.8) is 0 Å². The molecule has 3 rings (SSSR count). The van der Waals surface area contributed by atoms with Crippen LogP contribution in [-0.4, -0.2) is 37.7 Å². The summed E-state index contributed by atoms with van der Waals surface area (Å²) < 4.78 is 1.29. The molecule has 2 amide bonds. The van der Waals surface area contributed by atoms with Gasteiger partial charge in [-0.05, 0) is 0 Å². The van der Waals surface area contributed by atoms with Crippen LogP contribution in [0.25, 0.3) is 0 Å². The Labute approximate surface area is 142 Å². The third-order valence-electron chi connectivity index (χ3n) is 4.09. The normalized spacial score (nSPS) is 15.2. The van der Waals surface area contributed by atoms with E-state index in [1.807, 2.05) is 30.3 Å². The molecule has 3 nitrogen and oxygen atoms in total. The van der Waals surface area contributed by atoms with Crippen molar-refractivity contribution in [3.8, 4) is 0 Å². The van der Waals surface area contributed by atoms with Crippen LogP contribution >= 0.6 is 0 Å².